The summed E-state index contributed by atoms with van der Waals surface area (Å²) in [6.07, 6.45) is 6.21. The Morgan fingerprint density at radius 3 is 1.64 bits per heavy atom. The predicted octanol–water partition coefficient (Wildman–Crippen LogP) is 14.2. The summed E-state index contributed by atoms with van der Waals surface area (Å²) in [6.45, 7) is 20.3. The van der Waals surface area contributed by atoms with Crippen molar-refractivity contribution in [2.75, 3.05) is 9.80 Å². The number of anilines is 6. The van der Waals surface area contributed by atoms with Crippen LogP contribution in [0, 0.1) is 0 Å². The van der Waals surface area contributed by atoms with Crippen LogP contribution in [0.3, 0.4) is 0 Å². The molecule has 3 heterocycles. The lowest BCUT2D eigenvalue weighted by Crippen LogP contribution is -2.59. The molecule has 1 aromatic heterocycles. The van der Waals surface area contributed by atoms with Crippen LogP contribution < -0.4 is 30.9 Å². The van der Waals surface area contributed by atoms with Gasteiger partial charge in [0.25, 0.3) is 6.71 Å². The van der Waals surface area contributed by atoms with E-state index in [1.165, 1.54) is 71.0 Å². The molecule has 336 valence electrons. The van der Waals surface area contributed by atoms with Crippen LogP contribution in [0.15, 0.2) is 146 Å². The van der Waals surface area contributed by atoms with Crippen molar-refractivity contribution >= 4 is 68.3 Å². The minimum Gasteiger partial charge on any atom is -0.458 e. The average molecular weight is 880 g/mol. The van der Waals surface area contributed by atoms with E-state index in [0.29, 0.717) is 5.92 Å². The molecule has 0 N–H and O–H groups in total. The van der Waals surface area contributed by atoms with Crippen molar-refractivity contribution in [1.29, 1.82) is 0 Å². The fourth-order valence-electron chi connectivity index (χ4n) is 10.7. The summed E-state index contributed by atoms with van der Waals surface area (Å²) >= 11 is 0. The number of rotatable bonds is 6. The van der Waals surface area contributed by atoms with E-state index in [9.17, 15) is 0 Å². The first-order valence-corrected chi connectivity index (χ1v) is 24.5. The highest BCUT2D eigenvalue weighted by Gasteiger charge is 2.43. The number of ether oxygens (including phenoxy) is 1. The second-order valence-corrected chi connectivity index (χ2v) is 22.3. The molecule has 3 aliphatic rings. The lowest BCUT2D eigenvalue weighted by Gasteiger charge is -2.41. The van der Waals surface area contributed by atoms with Crippen molar-refractivity contribution in [2.24, 2.45) is 0 Å². The summed E-state index contributed by atoms with van der Waals surface area (Å²) in [5, 5.41) is 10.3. The third-order valence-corrected chi connectivity index (χ3v) is 14.6. The lowest BCUT2D eigenvalue weighted by atomic mass is 9.34. The number of benzene rings is 7. The molecule has 0 radical (unpaired) electrons. The zero-order valence-electron chi connectivity index (χ0n) is 40.7. The smallest absolute Gasteiger partial charge is 0.256 e. The van der Waals surface area contributed by atoms with Crippen molar-refractivity contribution in [1.82, 2.24) is 15.0 Å². The van der Waals surface area contributed by atoms with Crippen LogP contribution in [0.4, 0.5) is 34.1 Å². The number of fused-ring (bicyclic) bond motifs is 5. The lowest BCUT2D eigenvalue weighted by molar-refractivity contribution is 0.440. The number of para-hydroxylation sites is 1. The van der Waals surface area contributed by atoms with Crippen LogP contribution in [0.2, 0.25) is 0 Å². The molecule has 8 aromatic rings. The molecule has 1 saturated carbocycles. The Hall–Kier alpha value is -6.60. The predicted molar refractivity (Wildman–Crippen MR) is 281 cm³/mol. The highest BCUT2D eigenvalue weighted by Crippen LogP contribution is 2.46. The van der Waals surface area contributed by atoms with Crippen molar-refractivity contribution < 1.29 is 4.74 Å². The van der Waals surface area contributed by atoms with Crippen LogP contribution in [0.1, 0.15) is 123 Å². The molecule has 0 bridgehead atoms. The summed E-state index contributed by atoms with van der Waals surface area (Å²) in [5.41, 5.74) is 18.3. The fraction of sp³-hybridized carbons (Fsp3) is 0.300. The van der Waals surface area contributed by atoms with Gasteiger partial charge in [-0.15, -0.1) is 10.2 Å². The van der Waals surface area contributed by atoms with Gasteiger partial charge in [-0.3, -0.25) is 0 Å². The maximum absolute atomic E-state index is 7.34. The van der Waals surface area contributed by atoms with Gasteiger partial charge in [-0.1, -0.05) is 142 Å². The maximum Gasteiger partial charge on any atom is 0.256 e. The first-order chi connectivity index (χ1) is 32.1. The molecule has 1 aliphatic carbocycles. The first-order valence-electron chi connectivity index (χ1n) is 24.5. The van der Waals surface area contributed by atoms with Gasteiger partial charge in [0.15, 0.2) is 0 Å². The van der Waals surface area contributed by atoms with Crippen LogP contribution in [-0.2, 0) is 16.2 Å². The Morgan fingerprint density at radius 1 is 0.507 bits per heavy atom. The minimum absolute atomic E-state index is 0.0456. The molecule has 0 spiro atoms. The molecule has 0 atom stereocenters. The second kappa shape index (κ2) is 16.0. The maximum atomic E-state index is 7.34. The van der Waals surface area contributed by atoms with Crippen molar-refractivity contribution in [3.05, 3.63) is 168 Å². The molecular weight excluding hydrogens is 818 g/mol. The Balaban J connectivity index is 1.11. The Bertz CT molecular complexity index is 3070. The molecule has 67 heavy (non-hydrogen) atoms. The Kier molecular flexibility index (Phi) is 10.3. The van der Waals surface area contributed by atoms with Crippen molar-refractivity contribution in [3.63, 3.8) is 0 Å². The van der Waals surface area contributed by atoms with Crippen LogP contribution in [0.25, 0.3) is 16.7 Å². The molecule has 1 fully saturated rings. The van der Waals surface area contributed by atoms with Gasteiger partial charge in [0.05, 0.1) is 5.69 Å². The van der Waals surface area contributed by atoms with Gasteiger partial charge < -0.3 is 14.5 Å². The van der Waals surface area contributed by atoms with Crippen LogP contribution in [0.5, 0.6) is 11.5 Å². The summed E-state index contributed by atoms with van der Waals surface area (Å²) in [7, 11) is 0. The van der Waals surface area contributed by atoms with Gasteiger partial charge in [-0.05, 0) is 153 Å². The van der Waals surface area contributed by atoms with E-state index >= 15 is 0 Å². The molecular formula is C60H62BN5O. The van der Waals surface area contributed by atoms with Crippen LogP contribution >= 0.6 is 0 Å². The second-order valence-electron chi connectivity index (χ2n) is 22.3. The number of nitrogens with zero attached hydrogens (tertiary/aromatic N) is 5. The molecule has 0 unspecified atom stereocenters. The highest BCUT2D eigenvalue weighted by atomic mass is 16.5. The molecule has 7 aromatic carbocycles. The Labute approximate surface area is 397 Å². The van der Waals surface area contributed by atoms with E-state index in [-0.39, 0.29) is 23.0 Å². The summed E-state index contributed by atoms with van der Waals surface area (Å²) in [5.74, 6) is 2.31. The first kappa shape index (κ1) is 43.0. The third-order valence-electron chi connectivity index (χ3n) is 14.6. The molecule has 2 aliphatic heterocycles. The largest absolute Gasteiger partial charge is 0.458 e. The van der Waals surface area contributed by atoms with Gasteiger partial charge in [0.1, 0.15) is 22.5 Å². The monoisotopic (exact) mass is 880 g/mol. The topological polar surface area (TPSA) is 46.4 Å². The minimum atomic E-state index is -0.0932. The molecule has 7 heteroatoms. The summed E-state index contributed by atoms with van der Waals surface area (Å²) < 4.78 is 7.34. The van der Waals surface area contributed by atoms with E-state index in [2.05, 4.69) is 218 Å². The normalized spacial score (nSPS) is 14.9. The van der Waals surface area contributed by atoms with Gasteiger partial charge in [0, 0.05) is 40.2 Å². The van der Waals surface area contributed by atoms with Gasteiger partial charge >= 0.3 is 0 Å². The van der Waals surface area contributed by atoms with Crippen LogP contribution in [-0.4, -0.2) is 21.7 Å². The zero-order chi connectivity index (χ0) is 46.4. The van der Waals surface area contributed by atoms with Crippen molar-refractivity contribution in [3.8, 4) is 17.2 Å². The van der Waals surface area contributed by atoms with E-state index < -0.39 is 0 Å². The van der Waals surface area contributed by atoms with Gasteiger partial charge in [-0.25, -0.2) is 0 Å². The van der Waals surface area contributed by atoms with E-state index in [1.54, 1.807) is 4.80 Å². The molecule has 11 rings (SSSR count). The highest BCUT2D eigenvalue weighted by molar-refractivity contribution is 6.99. The summed E-state index contributed by atoms with van der Waals surface area (Å²) in [4.78, 5) is 6.64. The van der Waals surface area contributed by atoms with Gasteiger partial charge in [-0.2, -0.15) is 4.80 Å². The van der Waals surface area contributed by atoms with Gasteiger partial charge in [0.2, 0.25) is 0 Å². The molecule has 0 saturated heterocycles. The SMILES string of the molecule is CC(C)(C)c1ccc(N(c2ccc(C(C)(C)C)cc2)c2ccc3c(c2)Oc2cc(C4CCCCC4)cc4c2B3c2cc3nn(-c5ccc(C(C)(C)C)cc5)nc3cc2N4c2ccccc2)cc1. The fourth-order valence-corrected chi connectivity index (χ4v) is 10.7. The third kappa shape index (κ3) is 7.80. The molecule has 6 nitrogen and oxygen atoms in total. The quantitative estimate of drug-likeness (QED) is 0.156. The number of aromatic nitrogens is 3. The van der Waals surface area contributed by atoms with E-state index in [0.717, 1.165) is 62.1 Å². The number of hydrogen-bond acceptors (Lipinski definition) is 5. The molecule has 0 amide bonds. The Morgan fingerprint density at radius 2 is 1.06 bits per heavy atom. The van der Waals surface area contributed by atoms with E-state index in [4.69, 9.17) is 14.9 Å². The number of hydrogen-bond donors (Lipinski definition) is 0. The van der Waals surface area contributed by atoms with E-state index in [1.807, 2.05) is 0 Å². The average Bonchev–Trinajstić information content (AvgIpc) is 3.74. The standard InChI is InChI=1S/C60H62BN5O/c1-58(2,3)41-20-26-45(27-21-41)64(46-28-22-42(23-29-46)59(4,5)6)48-32-33-49-55(36-48)67-56-35-40(39-16-12-10-13-17-39)34-54-57(56)61(49)50-37-51-52(38-53(50)65(54)44-18-14-11-15-19-44)63-66(62-51)47-30-24-43(25-31-47)60(7,8)9/h11,14-15,18-39H,10,12-13,16-17H2,1-9H3. The zero-order valence-corrected chi connectivity index (χ0v) is 40.7. The summed E-state index contributed by atoms with van der Waals surface area (Å²) in [6, 6.07) is 54.0. The van der Waals surface area contributed by atoms with Crippen molar-refractivity contribution in [2.45, 2.75) is 117 Å².